The molecule has 1 unspecified atom stereocenters. The maximum Gasteiger partial charge on any atom is 0.306 e. The van der Waals surface area contributed by atoms with E-state index in [4.69, 9.17) is 14.2 Å². The standard InChI is InChI=1S/C61H102O5/c1-4-7-10-13-16-19-22-25-27-29-30-31-33-35-38-41-44-47-50-53-56-64-57-59(66-61(63)55-52-49-46-43-40-36-24-21-18-15-12-9-6-3)58-65-60(62)54-51-48-45-42-39-37-34-32-28-26-23-20-17-14-11-8-5-2/h7,9-10,12,16,18-19,21,25-28,30-31,36,40,46,49,59H,4-6,8,11,13-15,17,20,22-24,29,32-35,37-39,41-45,47-48,50-58H2,1-3H3/b10-7-,12-9-,19-16-,21-18-,27-25-,28-26-,31-30-,40-36-,49-46-. The molecule has 5 heteroatoms. The minimum absolute atomic E-state index is 0.0445. The van der Waals surface area contributed by atoms with Crippen molar-refractivity contribution in [2.45, 2.75) is 245 Å². The second-order valence-corrected chi connectivity index (χ2v) is 17.7. The van der Waals surface area contributed by atoms with Gasteiger partial charge in [0.2, 0.25) is 0 Å². The molecule has 0 spiro atoms. The molecular formula is C61H102O5. The summed E-state index contributed by atoms with van der Waals surface area (Å²) in [5.74, 6) is -0.504. The minimum Gasteiger partial charge on any atom is -0.462 e. The monoisotopic (exact) mass is 915 g/mol. The van der Waals surface area contributed by atoms with Crippen LogP contribution in [0.5, 0.6) is 0 Å². The Balaban J connectivity index is 4.36. The predicted octanol–water partition coefficient (Wildman–Crippen LogP) is 18.8. The number of allylic oxidation sites excluding steroid dienone is 18. The molecule has 0 amide bonds. The molecule has 5 nitrogen and oxygen atoms in total. The molecule has 0 N–H and O–H groups in total. The van der Waals surface area contributed by atoms with Crippen LogP contribution in [0.3, 0.4) is 0 Å². The van der Waals surface area contributed by atoms with Gasteiger partial charge in [-0.2, -0.15) is 0 Å². The second-order valence-electron chi connectivity index (χ2n) is 17.7. The number of rotatable bonds is 49. The van der Waals surface area contributed by atoms with Crippen molar-refractivity contribution in [3.63, 3.8) is 0 Å². The third-order valence-corrected chi connectivity index (χ3v) is 11.3. The molecule has 1 atom stereocenters. The number of carbonyl (C=O) groups excluding carboxylic acids is 2. The third kappa shape index (κ3) is 53.2. The number of ether oxygens (including phenoxy) is 3. The van der Waals surface area contributed by atoms with Gasteiger partial charge in [0.05, 0.1) is 6.61 Å². The molecule has 0 aliphatic carbocycles. The summed E-state index contributed by atoms with van der Waals surface area (Å²) in [6, 6.07) is 0. The predicted molar refractivity (Wildman–Crippen MR) is 288 cm³/mol. The van der Waals surface area contributed by atoms with Gasteiger partial charge in [0.15, 0.2) is 6.10 Å². The van der Waals surface area contributed by atoms with Gasteiger partial charge < -0.3 is 14.2 Å². The molecule has 0 rings (SSSR count). The molecule has 0 saturated heterocycles. The van der Waals surface area contributed by atoms with E-state index in [9.17, 15) is 9.59 Å². The molecule has 0 bridgehead atoms. The Bertz CT molecular complexity index is 1310. The minimum atomic E-state index is -0.588. The Hall–Kier alpha value is -3.44. The van der Waals surface area contributed by atoms with Crippen molar-refractivity contribution in [3.05, 3.63) is 109 Å². The molecule has 0 radical (unpaired) electrons. The summed E-state index contributed by atoms with van der Waals surface area (Å²) in [5.41, 5.74) is 0. The highest BCUT2D eigenvalue weighted by molar-refractivity contribution is 5.70. The Morgan fingerprint density at radius 1 is 0.348 bits per heavy atom. The molecule has 0 fully saturated rings. The van der Waals surface area contributed by atoms with Gasteiger partial charge in [-0.15, -0.1) is 0 Å². The van der Waals surface area contributed by atoms with E-state index in [0.29, 0.717) is 19.4 Å². The second kappa shape index (κ2) is 55.9. The molecular weight excluding hydrogens is 813 g/mol. The van der Waals surface area contributed by atoms with Gasteiger partial charge in [-0.1, -0.05) is 226 Å². The van der Waals surface area contributed by atoms with E-state index in [1.54, 1.807) is 0 Å². The number of esters is 2. The molecule has 0 aliphatic heterocycles. The van der Waals surface area contributed by atoms with Crippen molar-refractivity contribution < 1.29 is 23.8 Å². The summed E-state index contributed by atoms with van der Waals surface area (Å²) in [7, 11) is 0. The average molecular weight is 915 g/mol. The largest absolute Gasteiger partial charge is 0.462 e. The highest BCUT2D eigenvalue weighted by Gasteiger charge is 2.17. The molecule has 0 aromatic carbocycles. The van der Waals surface area contributed by atoms with Gasteiger partial charge in [0.1, 0.15) is 6.61 Å². The van der Waals surface area contributed by atoms with Gasteiger partial charge in [0, 0.05) is 19.4 Å². The van der Waals surface area contributed by atoms with Gasteiger partial charge in [-0.3, -0.25) is 9.59 Å². The highest BCUT2D eigenvalue weighted by atomic mass is 16.6. The van der Waals surface area contributed by atoms with E-state index in [0.717, 1.165) is 89.9 Å². The molecule has 0 aromatic heterocycles. The van der Waals surface area contributed by atoms with Crippen LogP contribution in [0.2, 0.25) is 0 Å². The smallest absolute Gasteiger partial charge is 0.306 e. The number of hydrogen-bond acceptors (Lipinski definition) is 5. The Morgan fingerprint density at radius 2 is 0.712 bits per heavy atom. The van der Waals surface area contributed by atoms with Crippen LogP contribution in [0, 0.1) is 0 Å². The first kappa shape index (κ1) is 62.6. The molecule has 0 aliphatic rings. The zero-order chi connectivity index (χ0) is 47.7. The van der Waals surface area contributed by atoms with E-state index in [-0.39, 0.29) is 31.6 Å². The van der Waals surface area contributed by atoms with Crippen molar-refractivity contribution >= 4 is 11.9 Å². The summed E-state index contributed by atoms with van der Waals surface area (Å²) < 4.78 is 17.4. The number of hydrogen-bond donors (Lipinski definition) is 0. The Morgan fingerprint density at radius 3 is 1.17 bits per heavy atom. The average Bonchev–Trinajstić information content (AvgIpc) is 3.32. The van der Waals surface area contributed by atoms with Crippen LogP contribution in [0.4, 0.5) is 0 Å². The van der Waals surface area contributed by atoms with Crippen LogP contribution in [0.1, 0.15) is 239 Å². The first-order chi connectivity index (χ1) is 32.6. The van der Waals surface area contributed by atoms with Crippen molar-refractivity contribution in [2.24, 2.45) is 0 Å². The van der Waals surface area contributed by atoms with Crippen LogP contribution in [0.25, 0.3) is 0 Å². The fourth-order valence-corrected chi connectivity index (χ4v) is 7.27. The number of carbonyl (C=O) groups is 2. The summed E-state index contributed by atoms with van der Waals surface area (Å²) in [6.45, 7) is 7.49. The van der Waals surface area contributed by atoms with Gasteiger partial charge in [-0.25, -0.2) is 0 Å². The van der Waals surface area contributed by atoms with Gasteiger partial charge >= 0.3 is 11.9 Å². The van der Waals surface area contributed by atoms with E-state index < -0.39 is 6.10 Å². The highest BCUT2D eigenvalue weighted by Crippen LogP contribution is 2.13. The van der Waals surface area contributed by atoms with E-state index in [1.807, 2.05) is 6.08 Å². The van der Waals surface area contributed by atoms with E-state index in [1.165, 1.54) is 109 Å². The lowest BCUT2D eigenvalue weighted by atomic mass is 10.1. The van der Waals surface area contributed by atoms with Crippen LogP contribution < -0.4 is 0 Å². The van der Waals surface area contributed by atoms with Crippen molar-refractivity contribution in [3.8, 4) is 0 Å². The van der Waals surface area contributed by atoms with Crippen molar-refractivity contribution in [2.75, 3.05) is 19.8 Å². The maximum absolute atomic E-state index is 12.8. The first-order valence-electron chi connectivity index (χ1n) is 27.4. The molecule has 66 heavy (non-hydrogen) atoms. The Labute approximate surface area is 408 Å². The molecule has 0 heterocycles. The lowest BCUT2D eigenvalue weighted by molar-refractivity contribution is -0.162. The van der Waals surface area contributed by atoms with Gasteiger partial charge in [-0.05, 0) is 109 Å². The van der Waals surface area contributed by atoms with Gasteiger partial charge in [0.25, 0.3) is 0 Å². The lowest BCUT2D eigenvalue weighted by Crippen LogP contribution is -2.30. The summed E-state index contributed by atoms with van der Waals surface area (Å²) >= 11 is 0. The topological polar surface area (TPSA) is 61.8 Å². The van der Waals surface area contributed by atoms with E-state index in [2.05, 4.69) is 124 Å². The zero-order valence-electron chi connectivity index (χ0n) is 43.2. The zero-order valence-corrected chi connectivity index (χ0v) is 43.2. The molecule has 376 valence electrons. The fraction of sp³-hybridized carbons (Fsp3) is 0.672. The summed E-state index contributed by atoms with van der Waals surface area (Å²) in [4.78, 5) is 25.4. The van der Waals surface area contributed by atoms with Crippen LogP contribution in [-0.2, 0) is 23.8 Å². The Kier molecular flexibility index (Phi) is 53.0. The fourth-order valence-electron chi connectivity index (χ4n) is 7.27. The van der Waals surface area contributed by atoms with Crippen LogP contribution in [0.15, 0.2) is 109 Å². The SMILES string of the molecule is CC/C=C\C/C=C\C/C=C\C/C=C\CCCCCCCCCOCC(COC(=O)CCCCCCCCC/C=C\CCCCCCCC)OC(=O)CC/C=C\C/C=C\C/C=C\C/C=C\CC. The van der Waals surface area contributed by atoms with E-state index >= 15 is 0 Å². The summed E-state index contributed by atoms with van der Waals surface area (Å²) in [5, 5.41) is 0. The molecule has 0 aromatic rings. The first-order valence-corrected chi connectivity index (χ1v) is 27.4. The maximum atomic E-state index is 12.8. The summed E-state index contributed by atoms with van der Waals surface area (Å²) in [6.07, 6.45) is 76.9. The van der Waals surface area contributed by atoms with Crippen LogP contribution >= 0.6 is 0 Å². The van der Waals surface area contributed by atoms with Crippen molar-refractivity contribution in [1.82, 2.24) is 0 Å². The normalized spacial score (nSPS) is 13.1. The molecule has 0 saturated carbocycles. The van der Waals surface area contributed by atoms with Crippen LogP contribution in [-0.4, -0.2) is 37.9 Å². The quantitative estimate of drug-likeness (QED) is 0.0346. The lowest BCUT2D eigenvalue weighted by Gasteiger charge is -2.18. The third-order valence-electron chi connectivity index (χ3n) is 11.3. The van der Waals surface area contributed by atoms with Crippen molar-refractivity contribution in [1.29, 1.82) is 0 Å². The number of unbranched alkanes of at least 4 members (excludes halogenated alkanes) is 20.